The third kappa shape index (κ3) is 3.20. The smallest absolute Gasteiger partial charge is 0.230 e. The summed E-state index contributed by atoms with van der Waals surface area (Å²) in [5.74, 6) is 0.0127. The highest BCUT2D eigenvalue weighted by molar-refractivity contribution is 5.85. The van der Waals surface area contributed by atoms with E-state index < -0.39 is 5.41 Å². The quantitative estimate of drug-likeness (QED) is 0.694. The normalized spacial score (nSPS) is 15.8. The lowest BCUT2D eigenvalue weighted by Crippen LogP contribution is -2.38. The monoisotopic (exact) mass is 222 g/mol. The molecule has 0 fully saturated rings. The Labute approximate surface area is 97.2 Å². The molecule has 0 saturated heterocycles. The molecule has 0 heterocycles. The average Bonchev–Trinajstić information content (AvgIpc) is 2.30. The summed E-state index contributed by atoms with van der Waals surface area (Å²) in [4.78, 5) is 12.0. The van der Waals surface area contributed by atoms with E-state index in [1.54, 1.807) is 0 Å². The maximum Gasteiger partial charge on any atom is 0.230 e. The van der Waals surface area contributed by atoms with Crippen LogP contribution in [0.5, 0.6) is 0 Å². The molecule has 89 valence electrons. The van der Waals surface area contributed by atoms with Crippen molar-refractivity contribution in [2.24, 2.45) is 5.41 Å². The largest absolute Gasteiger partial charge is 0.396 e. The van der Waals surface area contributed by atoms with Crippen LogP contribution >= 0.6 is 0 Å². The van der Waals surface area contributed by atoms with Crippen molar-refractivity contribution < 1.29 is 9.90 Å². The van der Waals surface area contributed by atoms with Crippen LogP contribution in [-0.2, 0) is 4.79 Å². The first-order chi connectivity index (χ1) is 7.59. The molecular formula is C13H20NO2. The van der Waals surface area contributed by atoms with E-state index in [1.165, 1.54) is 0 Å². The standard InChI is InChI=1S/C13H20NO2/c1-13(2,11-7-4-3-5-8-11)12(16)14-9-6-10-15/h3-4,7-8,15H,5-6,9-10H2,1-2H3,(H,14,16). The second kappa shape index (κ2) is 5.85. The molecule has 0 bridgehead atoms. The van der Waals surface area contributed by atoms with E-state index >= 15 is 0 Å². The van der Waals surface area contributed by atoms with Gasteiger partial charge in [-0.25, -0.2) is 0 Å². The molecule has 1 aliphatic carbocycles. The molecule has 1 amide bonds. The molecule has 2 N–H and O–H groups in total. The Balaban J connectivity index is 2.58. The van der Waals surface area contributed by atoms with Crippen molar-refractivity contribution in [3.63, 3.8) is 0 Å². The van der Waals surface area contributed by atoms with Gasteiger partial charge in [-0.1, -0.05) is 18.2 Å². The third-order valence-corrected chi connectivity index (χ3v) is 2.80. The molecule has 1 rings (SSSR count). The lowest BCUT2D eigenvalue weighted by Gasteiger charge is -2.26. The van der Waals surface area contributed by atoms with Gasteiger partial charge in [0.1, 0.15) is 0 Å². The lowest BCUT2D eigenvalue weighted by atomic mass is 9.80. The molecule has 1 aliphatic rings. The molecule has 0 saturated carbocycles. The average molecular weight is 222 g/mol. The number of aliphatic hydroxyl groups excluding tert-OH is 1. The number of allylic oxidation sites excluding steroid dienone is 3. The molecule has 16 heavy (non-hydrogen) atoms. The molecule has 0 spiro atoms. The van der Waals surface area contributed by atoms with Gasteiger partial charge in [-0.3, -0.25) is 4.79 Å². The molecule has 0 unspecified atom stereocenters. The zero-order valence-corrected chi connectivity index (χ0v) is 9.99. The highest BCUT2D eigenvalue weighted by Crippen LogP contribution is 2.30. The minimum Gasteiger partial charge on any atom is -0.396 e. The van der Waals surface area contributed by atoms with Crippen molar-refractivity contribution in [3.8, 4) is 0 Å². The van der Waals surface area contributed by atoms with Crippen molar-refractivity contribution in [1.82, 2.24) is 5.32 Å². The maximum atomic E-state index is 12.0. The Morgan fingerprint density at radius 1 is 1.56 bits per heavy atom. The third-order valence-electron chi connectivity index (χ3n) is 2.80. The van der Waals surface area contributed by atoms with Crippen LogP contribution in [0.25, 0.3) is 0 Å². The van der Waals surface area contributed by atoms with E-state index in [0.717, 1.165) is 12.0 Å². The van der Waals surface area contributed by atoms with E-state index in [4.69, 9.17) is 5.11 Å². The van der Waals surface area contributed by atoms with Gasteiger partial charge in [0.25, 0.3) is 0 Å². The zero-order valence-electron chi connectivity index (χ0n) is 9.99. The van der Waals surface area contributed by atoms with Crippen LogP contribution in [0.3, 0.4) is 0 Å². The van der Waals surface area contributed by atoms with Crippen LogP contribution in [-0.4, -0.2) is 24.2 Å². The van der Waals surface area contributed by atoms with Crippen molar-refractivity contribution in [2.75, 3.05) is 13.2 Å². The van der Waals surface area contributed by atoms with Crippen LogP contribution in [0.2, 0.25) is 0 Å². The number of aliphatic hydroxyl groups is 1. The number of amides is 1. The van der Waals surface area contributed by atoms with Crippen molar-refractivity contribution in [2.45, 2.75) is 26.7 Å². The van der Waals surface area contributed by atoms with Crippen LogP contribution in [0.1, 0.15) is 26.7 Å². The van der Waals surface area contributed by atoms with Gasteiger partial charge in [-0.2, -0.15) is 0 Å². The highest BCUT2D eigenvalue weighted by Gasteiger charge is 2.30. The molecule has 0 atom stereocenters. The fourth-order valence-electron chi connectivity index (χ4n) is 1.61. The summed E-state index contributed by atoms with van der Waals surface area (Å²) in [6, 6.07) is 0. The number of hydrogen-bond donors (Lipinski definition) is 2. The number of nitrogens with one attached hydrogen (secondary N) is 1. The first kappa shape index (κ1) is 13.0. The Morgan fingerprint density at radius 3 is 2.88 bits per heavy atom. The molecule has 3 heteroatoms. The van der Waals surface area contributed by atoms with Gasteiger partial charge in [0.2, 0.25) is 5.91 Å². The van der Waals surface area contributed by atoms with Crippen molar-refractivity contribution in [1.29, 1.82) is 0 Å². The minimum absolute atomic E-state index is 0.0127. The summed E-state index contributed by atoms with van der Waals surface area (Å²) < 4.78 is 0. The van der Waals surface area contributed by atoms with E-state index in [0.29, 0.717) is 13.0 Å². The lowest BCUT2D eigenvalue weighted by molar-refractivity contribution is -0.127. The first-order valence-electron chi connectivity index (χ1n) is 5.68. The minimum atomic E-state index is -0.500. The van der Waals surface area contributed by atoms with E-state index in [-0.39, 0.29) is 12.5 Å². The molecule has 0 aliphatic heterocycles. The number of rotatable bonds is 5. The molecule has 1 radical (unpaired) electrons. The van der Waals surface area contributed by atoms with E-state index in [2.05, 4.69) is 17.8 Å². The SMILES string of the molecule is CC(C)(C(=O)NCCCO)C1=CC[CH]C=C1. The second-order valence-corrected chi connectivity index (χ2v) is 4.45. The van der Waals surface area contributed by atoms with Crippen LogP contribution in [0.15, 0.2) is 23.8 Å². The topological polar surface area (TPSA) is 49.3 Å². The zero-order chi connectivity index (χ0) is 12.0. The van der Waals surface area contributed by atoms with E-state index in [9.17, 15) is 4.79 Å². The number of carbonyl (C=O) groups is 1. The number of hydrogen-bond acceptors (Lipinski definition) is 2. The van der Waals surface area contributed by atoms with Crippen LogP contribution < -0.4 is 5.32 Å². The molecular weight excluding hydrogens is 202 g/mol. The summed E-state index contributed by atoms with van der Waals surface area (Å²) in [5, 5.41) is 11.5. The molecule has 3 nitrogen and oxygen atoms in total. The Morgan fingerprint density at radius 2 is 2.31 bits per heavy atom. The summed E-state index contributed by atoms with van der Waals surface area (Å²) in [5.41, 5.74) is 0.553. The molecule has 0 aromatic rings. The van der Waals surface area contributed by atoms with Gasteiger partial charge in [-0.15, -0.1) is 0 Å². The van der Waals surface area contributed by atoms with Gasteiger partial charge < -0.3 is 10.4 Å². The maximum absolute atomic E-state index is 12.0. The first-order valence-corrected chi connectivity index (χ1v) is 5.68. The van der Waals surface area contributed by atoms with Crippen molar-refractivity contribution in [3.05, 3.63) is 30.2 Å². The van der Waals surface area contributed by atoms with Gasteiger partial charge in [0.05, 0.1) is 5.41 Å². The second-order valence-electron chi connectivity index (χ2n) is 4.45. The Kier molecular flexibility index (Phi) is 4.74. The summed E-state index contributed by atoms with van der Waals surface area (Å²) in [6.07, 6.45) is 9.59. The highest BCUT2D eigenvalue weighted by atomic mass is 16.3. The van der Waals surface area contributed by atoms with Crippen LogP contribution in [0, 0.1) is 11.8 Å². The van der Waals surface area contributed by atoms with Gasteiger partial charge in [-0.05, 0) is 38.7 Å². The Hall–Kier alpha value is -1.09. The molecule has 0 aromatic carbocycles. The van der Waals surface area contributed by atoms with Gasteiger partial charge in [0, 0.05) is 13.2 Å². The summed E-state index contributed by atoms with van der Waals surface area (Å²) >= 11 is 0. The fourth-order valence-corrected chi connectivity index (χ4v) is 1.61. The number of carbonyl (C=O) groups excluding carboxylic acids is 1. The summed E-state index contributed by atoms with van der Waals surface area (Å²) in [7, 11) is 0. The van der Waals surface area contributed by atoms with E-state index in [1.807, 2.05) is 26.0 Å². The molecule has 0 aromatic heterocycles. The van der Waals surface area contributed by atoms with Crippen molar-refractivity contribution >= 4 is 5.91 Å². The van der Waals surface area contributed by atoms with Gasteiger partial charge >= 0.3 is 0 Å². The summed E-state index contributed by atoms with van der Waals surface area (Å²) in [6.45, 7) is 4.48. The van der Waals surface area contributed by atoms with Gasteiger partial charge in [0.15, 0.2) is 0 Å². The predicted octanol–water partition coefficient (Wildman–Crippen LogP) is 1.60. The van der Waals surface area contributed by atoms with Crippen LogP contribution in [0.4, 0.5) is 0 Å². The predicted molar refractivity (Wildman–Crippen MR) is 64.6 cm³/mol. The Bertz CT molecular complexity index is 303. The fraction of sp³-hybridized carbons (Fsp3) is 0.538.